The Hall–Kier alpha value is -3.79. The Balaban J connectivity index is 1.56. The van der Waals surface area contributed by atoms with E-state index in [1.165, 1.54) is 0 Å². The largest absolute Gasteiger partial charge is 0.457 e. The van der Waals surface area contributed by atoms with E-state index in [1.54, 1.807) is 56.3 Å². The summed E-state index contributed by atoms with van der Waals surface area (Å²) in [5.74, 6) is 2.09. The molecule has 1 aromatic heterocycles. The van der Waals surface area contributed by atoms with E-state index in [0.717, 1.165) is 5.69 Å². The summed E-state index contributed by atoms with van der Waals surface area (Å²) in [6, 6.07) is 17.4. The van der Waals surface area contributed by atoms with Crippen LogP contribution in [-0.4, -0.2) is 17.1 Å². The van der Waals surface area contributed by atoms with Crippen LogP contribution in [0.4, 0.5) is 11.5 Å². The number of anilines is 2. The van der Waals surface area contributed by atoms with Crippen molar-refractivity contribution in [2.24, 2.45) is 0 Å². The van der Waals surface area contributed by atoms with E-state index in [1.807, 2.05) is 12.1 Å². The quantitative estimate of drug-likeness (QED) is 0.685. The van der Waals surface area contributed by atoms with Crippen LogP contribution >= 0.6 is 0 Å². The number of hydrogen-bond donors (Lipinski definition) is 2. The Bertz CT molecular complexity index is 956. The molecule has 7 nitrogen and oxygen atoms in total. The zero-order valence-corrected chi connectivity index (χ0v) is 14.9. The third-order valence-corrected chi connectivity index (χ3v) is 3.73. The number of nitrogens with zero attached hydrogens (tertiary/aromatic N) is 2. The molecule has 0 bridgehead atoms. The molecule has 0 fully saturated rings. The monoisotopic (exact) mass is 362 g/mol. The van der Waals surface area contributed by atoms with Gasteiger partial charge in [-0.05, 0) is 62.4 Å². The first-order chi connectivity index (χ1) is 13.0. The number of hydrogen-bond acceptors (Lipinski definition) is 6. The molecule has 0 aliphatic rings. The van der Waals surface area contributed by atoms with Gasteiger partial charge in [-0.3, -0.25) is 4.79 Å². The summed E-state index contributed by atoms with van der Waals surface area (Å²) in [4.78, 5) is 12.2. The third-order valence-electron chi connectivity index (χ3n) is 3.73. The van der Waals surface area contributed by atoms with Crippen LogP contribution in [0.25, 0.3) is 0 Å². The predicted octanol–water partition coefficient (Wildman–Crippen LogP) is 4.09. The fourth-order valence-corrected chi connectivity index (χ4v) is 2.33. The average Bonchev–Trinajstić information content (AvgIpc) is 3.08. The second kappa shape index (κ2) is 8.06. The number of aromatic nitrogens is 1. The second-order valence-electron chi connectivity index (χ2n) is 5.94. The fourth-order valence-electron chi connectivity index (χ4n) is 2.33. The Morgan fingerprint density at radius 2 is 1.78 bits per heavy atom. The molecule has 0 radical (unpaired) electrons. The Morgan fingerprint density at radius 3 is 2.33 bits per heavy atom. The smallest absolute Gasteiger partial charge is 0.247 e. The molecule has 3 rings (SSSR count). The first-order valence-electron chi connectivity index (χ1n) is 8.32. The van der Waals surface area contributed by atoms with Gasteiger partial charge in [0.25, 0.3) is 0 Å². The number of nitrogens with one attached hydrogen (secondary N) is 2. The van der Waals surface area contributed by atoms with Gasteiger partial charge in [0.05, 0.1) is 11.6 Å². The summed E-state index contributed by atoms with van der Waals surface area (Å²) in [5.41, 5.74) is 1.36. The molecule has 1 unspecified atom stereocenters. The number of carbonyl (C=O) groups excluding carboxylic acids is 1. The maximum atomic E-state index is 12.2. The van der Waals surface area contributed by atoms with Gasteiger partial charge in [0, 0.05) is 11.8 Å². The second-order valence-corrected chi connectivity index (χ2v) is 5.94. The van der Waals surface area contributed by atoms with E-state index in [-0.39, 0.29) is 5.91 Å². The molecule has 3 aromatic rings. The Labute approximate surface area is 156 Å². The molecule has 2 aromatic carbocycles. The fraction of sp³-hybridized carbons (Fsp3) is 0.150. The number of nitriles is 1. The molecule has 0 saturated carbocycles. The van der Waals surface area contributed by atoms with Crippen molar-refractivity contribution in [2.45, 2.75) is 19.9 Å². The summed E-state index contributed by atoms with van der Waals surface area (Å²) in [5, 5.41) is 18.3. The molecule has 7 heteroatoms. The van der Waals surface area contributed by atoms with Gasteiger partial charge in [-0.15, -0.1) is 0 Å². The lowest BCUT2D eigenvalue weighted by Crippen LogP contribution is -2.31. The third kappa shape index (κ3) is 4.86. The molecular formula is C20H18N4O3. The highest BCUT2D eigenvalue weighted by Crippen LogP contribution is 2.23. The molecule has 0 spiro atoms. The molecular weight excluding hydrogens is 344 g/mol. The lowest BCUT2D eigenvalue weighted by atomic mass is 10.2. The van der Waals surface area contributed by atoms with Crippen LogP contribution in [0.15, 0.2) is 59.1 Å². The van der Waals surface area contributed by atoms with E-state index >= 15 is 0 Å². The van der Waals surface area contributed by atoms with Gasteiger partial charge < -0.3 is 19.9 Å². The molecule has 0 aliphatic heterocycles. The molecule has 0 saturated heterocycles. The van der Waals surface area contributed by atoms with Crippen molar-refractivity contribution < 1.29 is 14.1 Å². The molecule has 2 N–H and O–H groups in total. The standard InChI is InChI=1S/C20H18N4O3/c1-13-11-19(24-27-13)23-20(25)14(2)22-16-5-9-18(10-6-16)26-17-7-3-15(12-21)4-8-17/h3-11,14,22H,1-2H3,(H,23,24,25). The molecule has 0 aliphatic carbocycles. The number of carbonyl (C=O) groups is 1. The summed E-state index contributed by atoms with van der Waals surface area (Å²) in [6.45, 7) is 3.51. The SMILES string of the molecule is Cc1cc(NC(=O)C(C)Nc2ccc(Oc3ccc(C#N)cc3)cc2)no1. The van der Waals surface area contributed by atoms with Crippen molar-refractivity contribution >= 4 is 17.4 Å². The van der Waals surface area contributed by atoms with Crippen LogP contribution in [0.1, 0.15) is 18.2 Å². The molecule has 136 valence electrons. The molecule has 1 atom stereocenters. The van der Waals surface area contributed by atoms with Gasteiger partial charge in [-0.1, -0.05) is 5.16 Å². The number of benzene rings is 2. The molecule has 27 heavy (non-hydrogen) atoms. The topological polar surface area (TPSA) is 100 Å². The normalized spacial score (nSPS) is 11.3. The van der Waals surface area contributed by atoms with Gasteiger partial charge in [0.15, 0.2) is 5.82 Å². The van der Waals surface area contributed by atoms with Crippen LogP contribution in [0.2, 0.25) is 0 Å². The lowest BCUT2D eigenvalue weighted by molar-refractivity contribution is -0.116. The zero-order valence-electron chi connectivity index (χ0n) is 14.9. The Kier molecular flexibility index (Phi) is 5.38. The van der Waals surface area contributed by atoms with Crippen molar-refractivity contribution in [3.05, 3.63) is 65.9 Å². The minimum absolute atomic E-state index is 0.221. The average molecular weight is 362 g/mol. The van der Waals surface area contributed by atoms with Gasteiger partial charge in [0.2, 0.25) is 5.91 Å². The minimum Gasteiger partial charge on any atom is -0.457 e. The van der Waals surface area contributed by atoms with Crippen molar-refractivity contribution in [1.82, 2.24) is 5.16 Å². The van der Waals surface area contributed by atoms with Gasteiger partial charge in [-0.2, -0.15) is 5.26 Å². The van der Waals surface area contributed by atoms with Crippen LogP contribution in [0, 0.1) is 18.3 Å². The van der Waals surface area contributed by atoms with Crippen molar-refractivity contribution in [2.75, 3.05) is 10.6 Å². The summed E-state index contributed by atoms with van der Waals surface area (Å²) in [6.07, 6.45) is 0. The molecule has 1 amide bonds. The van der Waals surface area contributed by atoms with E-state index in [9.17, 15) is 4.79 Å². The minimum atomic E-state index is -0.465. The van der Waals surface area contributed by atoms with Crippen molar-refractivity contribution in [3.63, 3.8) is 0 Å². The van der Waals surface area contributed by atoms with Crippen LogP contribution in [0.5, 0.6) is 11.5 Å². The number of ether oxygens (including phenoxy) is 1. The highest BCUT2D eigenvalue weighted by molar-refractivity contribution is 5.95. The highest BCUT2D eigenvalue weighted by atomic mass is 16.5. The summed E-state index contributed by atoms with van der Waals surface area (Å²) in [7, 11) is 0. The molecule has 1 heterocycles. The predicted molar refractivity (Wildman–Crippen MR) is 101 cm³/mol. The number of aryl methyl sites for hydroxylation is 1. The van der Waals surface area contributed by atoms with Crippen LogP contribution in [-0.2, 0) is 4.79 Å². The number of amides is 1. The first kappa shape index (κ1) is 18.0. The maximum Gasteiger partial charge on any atom is 0.247 e. The summed E-state index contributed by atoms with van der Waals surface area (Å²) < 4.78 is 10.7. The highest BCUT2D eigenvalue weighted by Gasteiger charge is 2.14. The van der Waals surface area contributed by atoms with Gasteiger partial charge in [-0.25, -0.2) is 0 Å². The Morgan fingerprint density at radius 1 is 1.15 bits per heavy atom. The lowest BCUT2D eigenvalue weighted by Gasteiger charge is -2.14. The van der Waals surface area contributed by atoms with Gasteiger partial charge in [0.1, 0.15) is 23.3 Å². The van der Waals surface area contributed by atoms with Gasteiger partial charge >= 0.3 is 0 Å². The van der Waals surface area contributed by atoms with Crippen LogP contribution < -0.4 is 15.4 Å². The number of rotatable bonds is 6. The maximum absolute atomic E-state index is 12.2. The van der Waals surface area contributed by atoms with Crippen molar-refractivity contribution in [3.8, 4) is 17.6 Å². The van der Waals surface area contributed by atoms with Crippen molar-refractivity contribution in [1.29, 1.82) is 5.26 Å². The summed E-state index contributed by atoms with van der Waals surface area (Å²) >= 11 is 0. The first-order valence-corrected chi connectivity index (χ1v) is 8.32. The van der Waals surface area contributed by atoms with E-state index < -0.39 is 6.04 Å². The van der Waals surface area contributed by atoms with E-state index in [0.29, 0.717) is 28.6 Å². The zero-order chi connectivity index (χ0) is 19.2. The van der Waals surface area contributed by atoms with E-state index in [2.05, 4.69) is 21.9 Å². The van der Waals surface area contributed by atoms with E-state index in [4.69, 9.17) is 14.5 Å². The van der Waals surface area contributed by atoms with Crippen LogP contribution in [0.3, 0.4) is 0 Å².